The van der Waals surface area contributed by atoms with E-state index in [0.717, 1.165) is 18.8 Å². The van der Waals surface area contributed by atoms with Crippen molar-refractivity contribution in [3.63, 3.8) is 0 Å². The van der Waals surface area contributed by atoms with Crippen molar-refractivity contribution < 1.29 is 14.6 Å². The van der Waals surface area contributed by atoms with Gasteiger partial charge >= 0.3 is 0 Å². The molecule has 4 nitrogen and oxygen atoms in total. The van der Waals surface area contributed by atoms with E-state index in [1.165, 1.54) is 5.56 Å². The molecule has 4 heteroatoms. The number of morpholine rings is 1. The Morgan fingerprint density at radius 1 is 1.43 bits per heavy atom. The van der Waals surface area contributed by atoms with E-state index in [4.69, 9.17) is 9.47 Å². The van der Waals surface area contributed by atoms with Gasteiger partial charge in [-0.15, -0.1) is 0 Å². The van der Waals surface area contributed by atoms with Gasteiger partial charge in [0, 0.05) is 19.6 Å². The molecule has 21 heavy (non-hydrogen) atoms. The molecule has 1 aliphatic heterocycles. The molecule has 0 aliphatic carbocycles. The van der Waals surface area contributed by atoms with Gasteiger partial charge in [0.05, 0.1) is 12.7 Å². The standard InChI is InChI=1S/C17H27NO3/c1-13(2)17(19)11-18-7-8-20-16(10-18)12-21-15-6-4-5-14(3)9-15/h4-6,9,13,16-17,19H,7-8,10-12H2,1-3H3. The molecule has 0 amide bonds. The number of aryl methyl sites for hydroxylation is 1. The minimum Gasteiger partial charge on any atom is -0.491 e. The molecule has 1 aromatic carbocycles. The SMILES string of the molecule is Cc1cccc(OCC2CN(CC(O)C(C)C)CCO2)c1. The van der Waals surface area contributed by atoms with Gasteiger partial charge in [0.15, 0.2) is 0 Å². The third kappa shape index (κ3) is 5.30. The van der Waals surface area contributed by atoms with Crippen LogP contribution in [0.4, 0.5) is 0 Å². The van der Waals surface area contributed by atoms with Crippen molar-refractivity contribution in [3.8, 4) is 5.75 Å². The first-order valence-electron chi connectivity index (χ1n) is 7.76. The lowest BCUT2D eigenvalue weighted by atomic mass is 10.1. The van der Waals surface area contributed by atoms with Crippen LogP contribution in [0.2, 0.25) is 0 Å². The van der Waals surface area contributed by atoms with E-state index in [1.54, 1.807) is 0 Å². The molecule has 1 saturated heterocycles. The lowest BCUT2D eigenvalue weighted by Crippen LogP contribution is -2.48. The van der Waals surface area contributed by atoms with Crippen molar-refractivity contribution in [1.29, 1.82) is 0 Å². The molecule has 2 atom stereocenters. The van der Waals surface area contributed by atoms with Gasteiger partial charge in [-0.1, -0.05) is 26.0 Å². The van der Waals surface area contributed by atoms with Crippen LogP contribution in [-0.4, -0.2) is 55.1 Å². The molecule has 118 valence electrons. The molecule has 0 spiro atoms. The van der Waals surface area contributed by atoms with Crippen molar-refractivity contribution in [2.45, 2.75) is 33.0 Å². The van der Waals surface area contributed by atoms with E-state index in [1.807, 2.05) is 32.0 Å². The highest BCUT2D eigenvalue weighted by Crippen LogP contribution is 2.15. The maximum absolute atomic E-state index is 9.99. The maximum Gasteiger partial charge on any atom is 0.119 e. The fourth-order valence-corrected chi connectivity index (χ4v) is 2.42. The molecule has 1 aromatic rings. The summed E-state index contributed by atoms with van der Waals surface area (Å²) in [5, 5.41) is 9.99. The smallest absolute Gasteiger partial charge is 0.119 e. The molecule has 2 rings (SSSR count). The zero-order valence-electron chi connectivity index (χ0n) is 13.3. The lowest BCUT2D eigenvalue weighted by Gasteiger charge is -2.34. The number of aliphatic hydroxyl groups excluding tert-OH is 1. The molecule has 0 aromatic heterocycles. The van der Waals surface area contributed by atoms with Gasteiger partial charge < -0.3 is 14.6 Å². The predicted molar refractivity (Wildman–Crippen MR) is 83.7 cm³/mol. The second kappa shape index (κ2) is 7.78. The van der Waals surface area contributed by atoms with Crippen LogP contribution < -0.4 is 4.74 Å². The van der Waals surface area contributed by atoms with Gasteiger partial charge in [-0.2, -0.15) is 0 Å². The summed E-state index contributed by atoms with van der Waals surface area (Å²) < 4.78 is 11.6. The first-order chi connectivity index (χ1) is 10.0. The van der Waals surface area contributed by atoms with Gasteiger partial charge in [0.1, 0.15) is 18.5 Å². The minimum absolute atomic E-state index is 0.0682. The Bertz CT molecular complexity index is 436. The molecule has 1 N–H and O–H groups in total. The highest BCUT2D eigenvalue weighted by Gasteiger charge is 2.23. The number of hydrogen-bond donors (Lipinski definition) is 1. The molecule has 0 radical (unpaired) electrons. The van der Waals surface area contributed by atoms with Crippen LogP contribution in [0.1, 0.15) is 19.4 Å². The van der Waals surface area contributed by atoms with Crippen LogP contribution in [0.15, 0.2) is 24.3 Å². The quantitative estimate of drug-likeness (QED) is 0.872. The fraction of sp³-hybridized carbons (Fsp3) is 0.647. The van der Waals surface area contributed by atoms with E-state index in [0.29, 0.717) is 19.8 Å². The summed E-state index contributed by atoms with van der Waals surface area (Å²) in [6.07, 6.45) is -0.208. The summed E-state index contributed by atoms with van der Waals surface area (Å²) >= 11 is 0. The average Bonchev–Trinajstić information content (AvgIpc) is 2.45. The maximum atomic E-state index is 9.99. The van der Waals surface area contributed by atoms with Gasteiger partial charge in [-0.05, 0) is 30.5 Å². The van der Waals surface area contributed by atoms with Crippen molar-refractivity contribution in [1.82, 2.24) is 4.90 Å². The summed E-state index contributed by atoms with van der Waals surface area (Å²) in [6.45, 7) is 9.80. The van der Waals surface area contributed by atoms with E-state index in [2.05, 4.69) is 17.9 Å². The Balaban J connectivity index is 1.78. The number of benzene rings is 1. The number of β-amino-alcohol motifs (C(OH)–C–C–N with tert-alkyl or cyclic N) is 1. The van der Waals surface area contributed by atoms with Crippen LogP contribution in [0.25, 0.3) is 0 Å². The summed E-state index contributed by atoms with van der Waals surface area (Å²) in [5.41, 5.74) is 1.19. The van der Waals surface area contributed by atoms with E-state index in [9.17, 15) is 5.11 Å². The van der Waals surface area contributed by atoms with Crippen molar-refractivity contribution in [2.75, 3.05) is 32.8 Å². The van der Waals surface area contributed by atoms with Gasteiger partial charge in [-0.3, -0.25) is 4.90 Å². The van der Waals surface area contributed by atoms with Gasteiger partial charge in [0.2, 0.25) is 0 Å². The molecule has 0 saturated carbocycles. The Kier molecular flexibility index (Phi) is 6.03. The van der Waals surface area contributed by atoms with Crippen LogP contribution in [0.5, 0.6) is 5.75 Å². The number of hydrogen-bond acceptors (Lipinski definition) is 4. The lowest BCUT2D eigenvalue weighted by molar-refractivity contribution is -0.0606. The van der Waals surface area contributed by atoms with Crippen molar-refractivity contribution >= 4 is 0 Å². The van der Waals surface area contributed by atoms with Crippen molar-refractivity contribution in [2.24, 2.45) is 5.92 Å². The second-order valence-electron chi connectivity index (χ2n) is 6.19. The van der Waals surface area contributed by atoms with Gasteiger partial charge in [0.25, 0.3) is 0 Å². The average molecular weight is 293 g/mol. The molecule has 1 fully saturated rings. The van der Waals surface area contributed by atoms with E-state index >= 15 is 0 Å². The number of nitrogens with zero attached hydrogens (tertiary/aromatic N) is 1. The second-order valence-corrected chi connectivity index (χ2v) is 6.19. The Morgan fingerprint density at radius 3 is 2.95 bits per heavy atom. The number of rotatable bonds is 6. The highest BCUT2D eigenvalue weighted by molar-refractivity contribution is 5.27. The largest absolute Gasteiger partial charge is 0.491 e. The fourth-order valence-electron chi connectivity index (χ4n) is 2.42. The third-order valence-corrected chi connectivity index (χ3v) is 3.86. The van der Waals surface area contributed by atoms with Gasteiger partial charge in [-0.25, -0.2) is 0 Å². The molecule has 1 heterocycles. The monoisotopic (exact) mass is 293 g/mol. The Labute approximate surface area is 127 Å². The number of ether oxygens (including phenoxy) is 2. The third-order valence-electron chi connectivity index (χ3n) is 3.86. The number of aliphatic hydroxyl groups is 1. The van der Waals surface area contributed by atoms with Crippen LogP contribution >= 0.6 is 0 Å². The Morgan fingerprint density at radius 2 is 2.24 bits per heavy atom. The summed E-state index contributed by atoms with van der Waals surface area (Å²) in [5.74, 6) is 1.17. The molecule has 1 aliphatic rings. The zero-order valence-corrected chi connectivity index (χ0v) is 13.3. The normalized spacial score (nSPS) is 21.5. The molecular formula is C17H27NO3. The van der Waals surface area contributed by atoms with Crippen molar-refractivity contribution in [3.05, 3.63) is 29.8 Å². The molecule has 2 unspecified atom stereocenters. The molecule has 0 bridgehead atoms. The molecular weight excluding hydrogens is 266 g/mol. The highest BCUT2D eigenvalue weighted by atomic mass is 16.5. The first kappa shape index (κ1) is 16.3. The Hall–Kier alpha value is -1.10. The first-order valence-corrected chi connectivity index (χ1v) is 7.76. The summed E-state index contributed by atoms with van der Waals surface area (Å²) in [7, 11) is 0. The van der Waals surface area contributed by atoms with Crippen LogP contribution in [-0.2, 0) is 4.74 Å². The zero-order chi connectivity index (χ0) is 15.2. The summed E-state index contributed by atoms with van der Waals surface area (Å²) in [6, 6.07) is 8.05. The van der Waals surface area contributed by atoms with E-state index < -0.39 is 0 Å². The van der Waals surface area contributed by atoms with E-state index in [-0.39, 0.29) is 18.1 Å². The predicted octanol–water partition coefficient (Wildman–Crippen LogP) is 2.09. The summed E-state index contributed by atoms with van der Waals surface area (Å²) in [4.78, 5) is 2.26. The van der Waals surface area contributed by atoms with Crippen LogP contribution in [0, 0.1) is 12.8 Å². The topological polar surface area (TPSA) is 41.9 Å². The van der Waals surface area contributed by atoms with Crippen LogP contribution in [0.3, 0.4) is 0 Å². The minimum atomic E-state index is -0.276.